The van der Waals surface area contributed by atoms with E-state index in [1.54, 1.807) is 6.20 Å². The van der Waals surface area contributed by atoms with Gasteiger partial charge in [0.15, 0.2) is 0 Å². The highest BCUT2D eigenvalue weighted by atomic mass is 16.4. The van der Waals surface area contributed by atoms with Crippen LogP contribution in [0.25, 0.3) is 11.6 Å². The molecule has 1 aliphatic carbocycles. The third-order valence-corrected chi connectivity index (χ3v) is 2.86. The van der Waals surface area contributed by atoms with Crippen molar-refractivity contribution in [3.05, 3.63) is 35.9 Å². The van der Waals surface area contributed by atoms with Crippen LogP contribution < -0.4 is 5.73 Å². The van der Waals surface area contributed by atoms with Crippen molar-refractivity contribution in [1.29, 1.82) is 0 Å². The second-order valence-corrected chi connectivity index (χ2v) is 4.11. The summed E-state index contributed by atoms with van der Waals surface area (Å²) in [7, 11) is 0. The van der Waals surface area contributed by atoms with Gasteiger partial charge in [0, 0.05) is 25.1 Å². The third kappa shape index (κ3) is 1.61. The Labute approximate surface area is 93.5 Å². The SMILES string of the molecule is NC1CCc2oc(-c3ccccn3)nc2C1. The van der Waals surface area contributed by atoms with Crippen molar-refractivity contribution in [3.8, 4) is 11.6 Å². The summed E-state index contributed by atoms with van der Waals surface area (Å²) >= 11 is 0. The fourth-order valence-electron chi connectivity index (χ4n) is 2.00. The average Bonchev–Trinajstić information content (AvgIpc) is 2.73. The summed E-state index contributed by atoms with van der Waals surface area (Å²) in [5.74, 6) is 1.59. The standard InChI is InChI=1S/C12H13N3O/c13-8-4-5-11-10(7-8)15-12(16-11)9-3-1-2-6-14-9/h1-3,6,8H,4-5,7,13H2. The molecular formula is C12H13N3O. The maximum Gasteiger partial charge on any atom is 0.245 e. The molecule has 2 heterocycles. The van der Waals surface area contributed by atoms with Crippen LogP contribution in [0.15, 0.2) is 28.8 Å². The predicted molar refractivity (Wildman–Crippen MR) is 59.7 cm³/mol. The van der Waals surface area contributed by atoms with Crippen LogP contribution in [0.1, 0.15) is 17.9 Å². The zero-order valence-corrected chi connectivity index (χ0v) is 8.89. The molecule has 1 aliphatic rings. The van der Waals surface area contributed by atoms with Crippen LogP contribution in [0.2, 0.25) is 0 Å². The molecule has 0 saturated heterocycles. The number of pyridine rings is 1. The van der Waals surface area contributed by atoms with E-state index in [0.29, 0.717) is 5.89 Å². The summed E-state index contributed by atoms with van der Waals surface area (Å²) in [5, 5.41) is 0. The van der Waals surface area contributed by atoms with Crippen LogP contribution in [-0.2, 0) is 12.8 Å². The Morgan fingerprint density at radius 3 is 3.12 bits per heavy atom. The molecule has 0 spiro atoms. The highest BCUT2D eigenvalue weighted by Crippen LogP contribution is 2.25. The van der Waals surface area contributed by atoms with Crippen LogP contribution in [0.4, 0.5) is 0 Å². The molecule has 82 valence electrons. The van der Waals surface area contributed by atoms with Crippen molar-refractivity contribution >= 4 is 0 Å². The number of rotatable bonds is 1. The molecule has 0 amide bonds. The van der Waals surface area contributed by atoms with Gasteiger partial charge in [0.05, 0.1) is 5.69 Å². The fourth-order valence-corrected chi connectivity index (χ4v) is 2.00. The molecule has 2 aromatic heterocycles. The van der Waals surface area contributed by atoms with E-state index in [2.05, 4.69) is 9.97 Å². The Morgan fingerprint density at radius 2 is 2.31 bits per heavy atom. The molecule has 1 atom stereocenters. The average molecular weight is 215 g/mol. The zero-order chi connectivity index (χ0) is 11.0. The molecule has 2 N–H and O–H groups in total. The Balaban J connectivity index is 1.99. The first-order valence-electron chi connectivity index (χ1n) is 5.48. The molecule has 4 nitrogen and oxygen atoms in total. The number of hydrogen-bond donors (Lipinski definition) is 1. The van der Waals surface area contributed by atoms with E-state index < -0.39 is 0 Å². The molecule has 2 aromatic rings. The minimum absolute atomic E-state index is 0.217. The summed E-state index contributed by atoms with van der Waals surface area (Å²) in [6.45, 7) is 0. The molecular weight excluding hydrogens is 202 g/mol. The number of aromatic nitrogens is 2. The van der Waals surface area contributed by atoms with Gasteiger partial charge in [0.2, 0.25) is 5.89 Å². The molecule has 16 heavy (non-hydrogen) atoms. The third-order valence-electron chi connectivity index (χ3n) is 2.86. The van der Waals surface area contributed by atoms with Crippen LogP contribution in [0.3, 0.4) is 0 Å². The van der Waals surface area contributed by atoms with E-state index in [1.165, 1.54) is 0 Å². The molecule has 1 unspecified atom stereocenters. The molecule has 0 radical (unpaired) electrons. The Morgan fingerprint density at radius 1 is 1.38 bits per heavy atom. The number of oxazole rings is 1. The Hall–Kier alpha value is -1.68. The Kier molecular flexibility index (Phi) is 2.22. The number of nitrogens with zero attached hydrogens (tertiary/aromatic N) is 2. The first kappa shape index (κ1) is 9.54. The van der Waals surface area contributed by atoms with Crippen molar-refractivity contribution in [3.63, 3.8) is 0 Å². The predicted octanol–water partition coefficient (Wildman–Crippen LogP) is 1.55. The van der Waals surface area contributed by atoms with E-state index in [0.717, 1.165) is 36.4 Å². The molecule has 0 aliphatic heterocycles. The van der Waals surface area contributed by atoms with Crippen molar-refractivity contribution in [2.24, 2.45) is 5.73 Å². The Bertz CT molecular complexity index is 492. The molecule has 0 aromatic carbocycles. The normalized spacial score (nSPS) is 19.4. The van der Waals surface area contributed by atoms with Gasteiger partial charge in [0.25, 0.3) is 0 Å². The first-order valence-corrected chi connectivity index (χ1v) is 5.48. The van der Waals surface area contributed by atoms with E-state index in [1.807, 2.05) is 18.2 Å². The molecule has 4 heteroatoms. The minimum atomic E-state index is 0.217. The maximum absolute atomic E-state index is 5.90. The summed E-state index contributed by atoms with van der Waals surface area (Å²) in [5.41, 5.74) is 7.68. The van der Waals surface area contributed by atoms with Gasteiger partial charge < -0.3 is 10.2 Å². The van der Waals surface area contributed by atoms with Crippen LogP contribution in [-0.4, -0.2) is 16.0 Å². The molecule has 0 saturated carbocycles. The van der Waals surface area contributed by atoms with Gasteiger partial charge in [-0.3, -0.25) is 4.98 Å². The van der Waals surface area contributed by atoms with Crippen LogP contribution >= 0.6 is 0 Å². The van der Waals surface area contributed by atoms with Crippen molar-refractivity contribution < 1.29 is 4.42 Å². The monoisotopic (exact) mass is 215 g/mol. The summed E-state index contributed by atoms with van der Waals surface area (Å²) in [4.78, 5) is 8.69. The summed E-state index contributed by atoms with van der Waals surface area (Å²) in [6, 6.07) is 5.92. The van der Waals surface area contributed by atoms with E-state index in [4.69, 9.17) is 10.2 Å². The molecule has 3 rings (SSSR count). The van der Waals surface area contributed by atoms with Gasteiger partial charge in [-0.2, -0.15) is 0 Å². The lowest BCUT2D eigenvalue weighted by molar-refractivity contribution is 0.463. The topological polar surface area (TPSA) is 64.9 Å². The smallest absolute Gasteiger partial charge is 0.245 e. The van der Waals surface area contributed by atoms with Crippen LogP contribution in [0, 0.1) is 0 Å². The highest BCUT2D eigenvalue weighted by molar-refractivity contribution is 5.47. The molecule has 0 bridgehead atoms. The van der Waals surface area contributed by atoms with Crippen molar-refractivity contribution in [2.45, 2.75) is 25.3 Å². The summed E-state index contributed by atoms with van der Waals surface area (Å²) < 4.78 is 5.71. The van der Waals surface area contributed by atoms with Gasteiger partial charge in [-0.15, -0.1) is 0 Å². The quantitative estimate of drug-likeness (QED) is 0.783. The van der Waals surface area contributed by atoms with E-state index in [-0.39, 0.29) is 6.04 Å². The van der Waals surface area contributed by atoms with Crippen LogP contribution in [0.5, 0.6) is 0 Å². The van der Waals surface area contributed by atoms with Gasteiger partial charge in [-0.25, -0.2) is 4.98 Å². The van der Waals surface area contributed by atoms with E-state index in [9.17, 15) is 0 Å². The van der Waals surface area contributed by atoms with Gasteiger partial charge in [-0.05, 0) is 18.6 Å². The number of fused-ring (bicyclic) bond motifs is 1. The zero-order valence-electron chi connectivity index (χ0n) is 8.89. The number of aryl methyl sites for hydroxylation is 1. The van der Waals surface area contributed by atoms with Crippen molar-refractivity contribution in [1.82, 2.24) is 9.97 Å². The number of nitrogens with two attached hydrogens (primary N) is 1. The maximum atomic E-state index is 5.90. The van der Waals surface area contributed by atoms with Gasteiger partial charge >= 0.3 is 0 Å². The summed E-state index contributed by atoms with van der Waals surface area (Å²) in [6.07, 6.45) is 4.41. The van der Waals surface area contributed by atoms with Gasteiger partial charge in [-0.1, -0.05) is 6.07 Å². The highest BCUT2D eigenvalue weighted by Gasteiger charge is 2.22. The second-order valence-electron chi connectivity index (χ2n) is 4.11. The largest absolute Gasteiger partial charge is 0.440 e. The lowest BCUT2D eigenvalue weighted by atomic mass is 9.98. The number of hydrogen-bond acceptors (Lipinski definition) is 4. The second kappa shape index (κ2) is 3.72. The lowest BCUT2D eigenvalue weighted by Gasteiger charge is -2.14. The fraction of sp³-hybridized carbons (Fsp3) is 0.333. The van der Waals surface area contributed by atoms with Crippen molar-refractivity contribution in [2.75, 3.05) is 0 Å². The van der Waals surface area contributed by atoms with Gasteiger partial charge in [0.1, 0.15) is 11.5 Å². The minimum Gasteiger partial charge on any atom is -0.440 e. The lowest BCUT2D eigenvalue weighted by Crippen LogP contribution is -2.27. The van der Waals surface area contributed by atoms with E-state index >= 15 is 0 Å². The first-order chi connectivity index (χ1) is 7.83. The molecule has 0 fully saturated rings.